The van der Waals surface area contributed by atoms with Crippen molar-refractivity contribution in [2.75, 3.05) is 33.4 Å². The molecule has 5 nitrogen and oxygen atoms in total. The van der Waals surface area contributed by atoms with Crippen molar-refractivity contribution < 1.29 is 14.6 Å². The molecular weight excluding hydrogens is 376 g/mol. The lowest BCUT2D eigenvalue weighted by atomic mass is 9.93. The van der Waals surface area contributed by atoms with Crippen LogP contribution in [0.5, 0.6) is 11.5 Å². The van der Waals surface area contributed by atoms with Crippen LogP contribution >= 0.6 is 0 Å². The van der Waals surface area contributed by atoms with Crippen LogP contribution in [0.1, 0.15) is 34.7 Å². The Morgan fingerprint density at radius 1 is 1.00 bits per heavy atom. The Labute approximate surface area is 177 Å². The van der Waals surface area contributed by atoms with Gasteiger partial charge in [0.2, 0.25) is 0 Å². The number of nitrogens with one attached hydrogen (secondary N) is 1. The van der Waals surface area contributed by atoms with Crippen LogP contribution in [0.25, 0.3) is 12.2 Å². The number of ether oxygens (including phenoxy) is 2. The van der Waals surface area contributed by atoms with Crippen LogP contribution in [0.3, 0.4) is 0 Å². The molecule has 3 aliphatic rings. The second-order valence-corrected chi connectivity index (χ2v) is 8.33. The number of aliphatic hydroxyl groups excluding tert-OH is 1. The first-order valence-electron chi connectivity index (χ1n) is 10.6. The standard InChI is InChI=1S/C25H28N2O3/c1-27-15-21(14-22(27)16-28)26-25(19-6-8-23-17(12-19)4-2-10-29-23)20-7-9-24-18(13-20)5-3-11-30-24/h2-9,12-13,21-22,25-26,28H,10-11,14-16H2,1H3/t21-,22-/m1/s1. The number of hydrogen-bond donors (Lipinski definition) is 2. The molecule has 0 radical (unpaired) electrons. The molecule has 3 aliphatic heterocycles. The highest BCUT2D eigenvalue weighted by Gasteiger charge is 2.31. The van der Waals surface area contributed by atoms with Crippen molar-refractivity contribution in [3.63, 3.8) is 0 Å². The van der Waals surface area contributed by atoms with Gasteiger partial charge in [-0.1, -0.05) is 24.3 Å². The topological polar surface area (TPSA) is 54.0 Å². The van der Waals surface area contributed by atoms with Crippen LogP contribution in [0.15, 0.2) is 48.6 Å². The molecule has 30 heavy (non-hydrogen) atoms. The van der Waals surface area contributed by atoms with Gasteiger partial charge in [-0.2, -0.15) is 0 Å². The monoisotopic (exact) mass is 404 g/mol. The first-order valence-corrected chi connectivity index (χ1v) is 10.6. The van der Waals surface area contributed by atoms with Gasteiger partial charge in [-0.3, -0.25) is 4.90 Å². The van der Waals surface area contributed by atoms with Gasteiger partial charge in [-0.15, -0.1) is 0 Å². The molecule has 5 heteroatoms. The third-order valence-corrected chi connectivity index (χ3v) is 6.30. The van der Waals surface area contributed by atoms with Crippen molar-refractivity contribution in [1.29, 1.82) is 0 Å². The maximum atomic E-state index is 9.67. The predicted molar refractivity (Wildman–Crippen MR) is 119 cm³/mol. The molecule has 2 aromatic carbocycles. The molecule has 3 heterocycles. The van der Waals surface area contributed by atoms with Crippen molar-refractivity contribution >= 4 is 12.2 Å². The van der Waals surface area contributed by atoms with Crippen LogP contribution in [0, 0.1) is 0 Å². The summed E-state index contributed by atoms with van der Waals surface area (Å²) < 4.78 is 11.5. The summed E-state index contributed by atoms with van der Waals surface area (Å²) in [6, 6.07) is 13.5. The highest BCUT2D eigenvalue weighted by molar-refractivity contribution is 5.63. The minimum atomic E-state index is 0.0436. The van der Waals surface area contributed by atoms with Crippen LogP contribution in [0.2, 0.25) is 0 Å². The number of benzene rings is 2. The van der Waals surface area contributed by atoms with E-state index in [0.29, 0.717) is 19.3 Å². The van der Waals surface area contributed by atoms with E-state index in [1.807, 2.05) is 12.2 Å². The zero-order valence-electron chi connectivity index (χ0n) is 17.3. The highest BCUT2D eigenvalue weighted by Crippen LogP contribution is 2.34. The second-order valence-electron chi connectivity index (χ2n) is 8.33. The Bertz CT molecular complexity index is 919. The quantitative estimate of drug-likeness (QED) is 0.801. The molecule has 5 rings (SSSR count). The van der Waals surface area contributed by atoms with E-state index in [0.717, 1.165) is 35.6 Å². The zero-order valence-corrected chi connectivity index (χ0v) is 17.3. The molecule has 2 aromatic rings. The Morgan fingerprint density at radius 2 is 1.60 bits per heavy atom. The van der Waals surface area contributed by atoms with Gasteiger partial charge in [-0.25, -0.2) is 0 Å². The number of fused-ring (bicyclic) bond motifs is 2. The Hall–Kier alpha value is -2.60. The van der Waals surface area contributed by atoms with Gasteiger partial charge in [0.15, 0.2) is 0 Å². The highest BCUT2D eigenvalue weighted by atomic mass is 16.5. The average Bonchev–Trinajstić information content (AvgIpc) is 3.16. The summed E-state index contributed by atoms with van der Waals surface area (Å²) in [4.78, 5) is 2.24. The maximum absolute atomic E-state index is 9.67. The SMILES string of the molecule is CN1C[C@H](NC(c2ccc3c(c2)C=CCO3)c2ccc3c(c2)C=CCO3)C[C@@H]1CO. The molecule has 0 aliphatic carbocycles. The number of nitrogens with zero attached hydrogens (tertiary/aromatic N) is 1. The van der Waals surface area contributed by atoms with E-state index >= 15 is 0 Å². The van der Waals surface area contributed by atoms with Crippen molar-refractivity contribution in [3.8, 4) is 11.5 Å². The summed E-state index contributed by atoms with van der Waals surface area (Å²) in [6.45, 7) is 2.37. The van der Waals surface area contributed by atoms with Gasteiger partial charge in [-0.05, 0) is 61.0 Å². The van der Waals surface area contributed by atoms with Gasteiger partial charge < -0.3 is 19.9 Å². The van der Waals surface area contributed by atoms with E-state index in [4.69, 9.17) is 9.47 Å². The lowest BCUT2D eigenvalue weighted by Crippen LogP contribution is -2.35. The Balaban J connectivity index is 1.50. The lowest BCUT2D eigenvalue weighted by Gasteiger charge is -2.26. The molecule has 0 amide bonds. The minimum Gasteiger partial charge on any atom is -0.489 e. The third kappa shape index (κ3) is 3.76. The Kier molecular flexibility index (Phi) is 5.34. The van der Waals surface area contributed by atoms with Crippen molar-refractivity contribution in [1.82, 2.24) is 10.2 Å². The van der Waals surface area contributed by atoms with E-state index in [2.05, 4.69) is 65.8 Å². The summed E-state index contributed by atoms with van der Waals surface area (Å²) in [5, 5.41) is 13.5. The average molecular weight is 405 g/mol. The van der Waals surface area contributed by atoms with Crippen LogP contribution < -0.4 is 14.8 Å². The van der Waals surface area contributed by atoms with Gasteiger partial charge in [0.05, 0.1) is 12.6 Å². The third-order valence-electron chi connectivity index (χ3n) is 6.30. The van der Waals surface area contributed by atoms with Crippen molar-refractivity contribution in [2.24, 2.45) is 0 Å². The van der Waals surface area contributed by atoms with E-state index in [-0.39, 0.29) is 18.7 Å². The largest absolute Gasteiger partial charge is 0.489 e. The van der Waals surface area contributed by atoms with Crippen LogP contribution in [-0.2, 0) is 0 Å². The van der Waals surface area contributed by atoms with Gasteiger partial charge in [0.25, 0.3) is 0 Å². The van der Waals surface area contributed by atoms with E-state index < -0.39 is 0 Å². The molecule has 0 saturated carbocycles. The zero-order chi connectivity index (χ0) is 20.5. The van der Waals surface area contributed by atoms with Gasteiger partial charge in [0, 0.05) is 29.8 Å². The summed E-state index contributed by atoms with van der Waals surface area (Å²) in [6.07, 6.45) is 9.30. The van der Waals surface area contributed by atoms with Crippen molar-refractivity contribution in [2.45, 2.75) is 24.5 Å². The van der Waals surface area contributed by atoms with Gasteiger partial charge >= 0.3 is 0 Å². The summed E-state index contributed by atoms with van der Waals surface area (Å²) in [5.74, 6) is 1.87. The number of aliphatic hydroxyl groups is 1. The van der Waals surface area contributed by atoms with Crippen molar-refractivity contribution in [3.05, 3.63) is 70.8 Å². The number of likely N-dealkylation sites (N-methyl/N-ethyl adjacent to an activating group) is 1. The maximum Gasteiger partial charge on any atom is 0.127 e. The Morgan fingerprint density at radius 3 is 2.13 bits per heavy atom. The molecule has 0 bridgehead atoms. The molecule has 1 saturated heterocycles. The lowest BCUT2D eigenvalue weighted by molar-refractivity contribution is 0.182. The number of hydrogen-bond acceptors (Lipinski definition) is 5. The fourth-order valence-corrected chi connectivity index (χ4v) is 4.68. The number of rotatable bonds is 5. The van der Waals surface area contributed by atoms with E-state index in [9.17, 15) is 5.11 Å². The normalized spacial score (nSPS) is 22.5. The molecule has 0 spiro atoms. The summed E-state index contributed by atoms with van der Waals surface area (Å²) >= 11 is 0. The van der Waals surface area contributed by atoms with E-state index in [1.165, 1.54) is 11.1 Å². The molecule has 1 fully saturated rings. The summed E-state index contributed by atoms with van der Waals surface area (Å²) in [5.41, 5.74) is 4.64. The molecule has 0 aromatic heterocycles. The summed E-state index contributed by atoms with van der Waals surface area (Å²) in [7, 11) is 2.08. The number of likely N-dealkylation sites (tertiary alicyclic amines) is 1. The first-order chi connectivity index (χ1) is 14.7. The fourth-order valence-electron chi connectivity index (χ4n) is 4.68. The van der Waals surface area contributed by atoms with E-state index in [1.54, 1.807) is 0 Å². The smallest absolute Gasteiger partial charge is 0.127 e. The molecule has 0 unspecified atom stereocenters. The van der Waals surface area contributed by atoms with Crippen LogP contribution in [-0.4, -0.2) is 55.5 Å². The second kappa shape index (κ2) is 8.26. The fraction of sp³-hybridized carbons (Fsp3) is 0.360. The minimum absolute atomic E-state index is 0.0436. The molecule has 2 N–H and O–H groups in total. The molecule has 156 valence electrons. The predicted octanol–water partition coefficient (Wildman–Crippen LogP) is 3.24. The first kappa shape index (κ1) is 19.4. The van der Waals surface area contributed by atoms with Crippen LogP contribution in [0.4, 0.5) is 0 Å². The van der Waals surface area contributed by atoms with Gasteiger partial charge in [0.1, 0.15) is 24.7 Å². The molecular formula is C25H28N2O3. The molecule has 2 atom stereocenters.